The average Bonchev–Trinajstić information content (AvgIpc) is 2.66. The first-order valence-electron chi connectivity index (χ1n) is 7.72. The van der Waals surface area contributed by atoms with Gasteiger partial charge in [0.1, 0.15) is 11.6 Å². The van der Waals surface area contributed by atoms with E-state index in [0.717, 1.165) is 0 Å². The summed E-state index contributed by atoms with van der Waals surface area (Å²) in [7, 11) is 0. The highest BCUT2D eigenvalue weighted by Gasteiger charge is 2.16. The number of pyridine rings is 1. The number of hydrogen-bond donors (Lipinski definition) is 0. The molecule has 0 N–H and O–H groups in total. The van der Waals surface area contributed by atoms with Crippen LogP contribution >= 0.6 is 11.6 Å². The number of amidine groups is 1. The highest BCUT2D eigenvalue weighted by molar-refractivity contribution is 6.31. The van der Waals surface area contributed by atoms with Crippen LogP contribution in [0.1, 0.15) is 11.1 Å². The molecule has 0 aliphatic heterocycles. The SMILES string of the molecule is C=NC(=Nc1ccc(-c2cccc(Cl)c2F)c(F)c1C)c1cccnc1. The Morgan fingerprint density at radius 1 is 1.04 bits per heavy atom. The predicted octanol–water partition coefficient (Wildman–Crippen LogP) is 5.77. The van der Waals surface area contributed by atoms with Crippen LogP contribution in [0.4, 0.5) is 14.5 Å². The lowest BCUT2D eigenvalue weighted by atomic mass is 10.0. The van der Waals surface area contributed by atoms with Crippen molar-refractivity contribution >= 4 is 29.8 Å². The van der Waals surface area contributed by atoms with E-state index in [-0.39, 0.29) is 21.7 Å². The second-order valence-corrected chi connectivity index (χ2v) is 5.92. The molecule has 3 nitrogen and oxygen atoms in total. The van der Waals surface area contributed by atoms with Crippen LogP contribution in [-0.4, -0.2) is 17.5 Å². The zero-order chi connectivity index (χ0) is 18.7. The summed E-state index contributed by atoms with van der Waals surface area (Å²) in [5, 5.41) is -0.0589. The first-order valence-corrected chi connectivity index (χ1v) is 8.10. The molecule has 130 valence electrons. The van der Waals surface area contributed by atoms with Crippen molar-refractivity contribution in [2.24, 2.45) is 9.98 Å². The van der Waals surface area contributed by atoms with Crippen molar-refractivity contribution in [2.45, 2.75) is 6.92 Å². The number of aromatic nitrogens is 1. The summed E-state index contributed by atoms with van der Waals surface area (Å²) in [6.07, 6.45) is 3.22. The number of rotatable bonds is 3. The maximum absolute atomic E-state index is 14.9. The summed E-state index contributed by atoms with van der Waals surface area (Å²) in [6, 6.07) is 11.1. The highest BCUT2D eigenvalue weighted by Crippen LogP contribution is 2.34. The molecule has 0 spiro atoms. The molecule has 0 radical (unpaired) electrons. The molecule has 0 bridgehead atoms. The van der Waals surface area contributed by atoms with Crippen molar-refractivity contribution in [3.63, 3.8) is 0 Å². The van der Waals surface area contributed by atoms with Gasteiger partial charge in [0.15, 0.2) is 5.84 Å². The van der Waals surface area contributed by atoms with Gasteiger partial charge in [-0.3, -0.25) is 4.98 Å². The molecule has 0 atom stereocenters. The Morgan fingerprint density at radius 3 is 2.50 bits per heavy atom. The Labute approximate surface area is 154 Å². The van der Waals surface area contributed by atoms with Crippen LogP contribution in [0.2, 0.25) is 5.02 Å². The van der Waals surface area contributed by atoms with Gasteiger partial charge in [0.25, 0.3) is 0 Å². The lowest BCUT2D eigenvalue weighted by Crippen LogP contribution is -1.98. The molecule has 0 aliphatic rings. The predicted molar refractivity (Wildman–Crippen MR) is 102 cm³/mol. The Hall–Kier alpha value is -2.92. The molecule has 3 rings (SSSR count). The second kappa shape index (κ2) is 7.54. The van der Waals surface area contributed by atoms with E-state index < -0.39 is 11.6 Å². The average molecular weight is 370 g/mol. The molecule has 1 aromatic heterocycles. The summed E-state index contributed by atoms with van der Waals surface area (Å²) < 4.78 is 29.1. The van der Waals surface area contributed by atoms with E-state index in [0.29, 0.717) is 17.1 Å². The third kappa shape index (κ3) is 3.39. The summed E-state index contributed by atoms with van der Waals surface area (Å²) in [5.74, 6) is -0.906. The van der Waals surface area contributed by atoms with E-state index in [1.807, 2.05) is 0 Å². The highest BCUT2D eigenvalue weighted by atomic mass is 35.5. The fraction of sp³-hybridized carbons (Fsp3) is 0.0500. The third-order valence-electron chi connectivity index (χ3n) is 3.90. The van der Waals surface area contributed by atoms with Crippen LogP contribution in [-0.2, 0) is 0 Å². The summed E-state index contributed by atoms with van der Waals surface area (Å²) in [6.45, 7) is 5.08. The van der Waals surface area contributed by atoms with E-state index in [9.17, 15) is 8.78 Å². The first kappa shape index (κ1) is 17.9. The van der Waals surface area contributed by atoms with Gasteiger partial charge in [-0.25, -0.2) is 18.8 Å². The number of nitrogens with zero attached hydrogens (tertiary/aromatic N) is 3. The topological polar surface area (TPSA) is 37.6 Å². The van der Waals surface area contributed by atoms with Gasteiger partial charge in [0.05, 0.1) is 10.7 Å². The maximum Gasteiger partial charge on any atom is 0.160 e. The fourth-order valence-corrected chi connectivity index (χ4v) is 2.69. The van der Waals surface area contributed by atoms with Crippen molar-refractivity contribution in [1.82, 2.24) is 4.98 Å². The smallest absolute Gasteiger partial charge is 0.160 e. The molecule has 0 unspecified atom stereocenters. The molecule has 3 aromatic rings. The van der Waals surface area contributed by atoms with E-state index in [1.165, 1.54) is 18.2 Å². The zero-order valence-electron chi connectivity index (χ0n) is 13.9. The molecule has 0 aliphatic carbocycles. The third-order valence-corrected chi connectivity index (χ3v) is 4.19. The lowest BCUT2D eigenvalue weighted by molar-refractivity contribution is 0.611. The van der Waals surface area contributed by atoms with Gasteiger partial charge >= 0.3 is 0 Å². The first-order chi connectivity index (χ1) is 12.5. The van der Waals surface area contributed by atoms with Crippen molar-refractivity contribution in [2.75, 3.05) is 0 Å². The van der Waals surface area contributed by atoms with E-state index >= 15 is 0 Å². The monoisotopic (exact) mass is 369 g/mol. The van der Waals surface area contributed by atoms with Crippen molar-refractivity contribution < 1.29 is 8.78 Å². The molecule has 0 saturated heterocycles. The van der Waals surface area contributed by atoms with Gasteiger partial charge in [-0.1, -0.05) is 23.7 Å². The van der Waals surface area contributed by atoms with Crippen molar-refractivity contribution in [1.29, 1.82) is 0 Å². The standard InChI is InChI=1S/C20H14ClF2N3/c1-12-17(26-20(24-2)13-5-4-10-25-11-13)9-8-15(18(12)22)14-6-3-7-16(21)19(14)23/h3-11H,2H2,1H3. The molecular formula is C20H14ClF2N3. The Bertz CT molecular complexity index is 1000. The van der Waals surface area contributed by atoms with Crippen LogP contribution in [0.15, 0.2) is 64.8 Å². The van der Waals surface area contributed by atoms with E-state index in [4.69, 9.17) is 11.6 Å². The van der Waals surface area contributed by atoms with E-state index in [2.05, 4.69) is 21.7 Å². The van der Waals surface area contributed by atoms with Gasteiger partial charge in [0, 0.05) is 34.6 Å². The van der Waals surface area contributed by atoms with Crippen molar-refractivity contribution in [3.05, 3.63) is 82.6 Å². The summed E-state index contributed by atoms with van der Waals surface area (Å²) in [4.78, 5) is 12.3. The second-order valence-electron chi connectivity index (χ2n) is 5.51. The van der Waals surface area contributed by atoms with Crippen LogP contribution in [0.25, 0.3) is 11.1 Å². The molecular weight excluding hydrogens is 356 g/mol. The Balaban J connectivity index is 2.09. The van der Waals surface area contributed by atoms with E-state index in [1.54, 1.807) is 43.6 Å². The van der Waals surface area contributed by atoms with Crippen LogP contribution < -0.4 is 0 Å². The molecule has 1 heterocycles. The Morgan fingerprint density at radius 2 is 1.81 bits per heavy atom. The minimum atomic E-state index is -0.660. The Kier molecular flexibility index (Phi) is 5.19. The summed E-state index contributed by atoms with van der Waals surface area (Å²) >= 11 is 5.80. The molecule has 0 amide bonds. The normalized spacial score (nSPS) is 11.5. The minimum Gasteiger partial charge on any atom is -0.264 e. The number of halogens is 3. The number of aliphatic imine (C=N–C) groups is 2. The van der Waals surface area contributed by atoms with Gasteiger partial charge < -0.3 is 0 Å². The van der Waals surface area contributed by atoms with Crippen LogP contribution in [0.3, 0.4) is 0 Å². The fourth-order valence-electron chi connectivity index (χ4n) is 2.52. The zero-order valence-corrected chi connectivity index (χ0v) is 14.6. The van der Waals surface area contributed by atoms with Gasteiger partial charge in [-0.05, 0) is 44.0 Å². The van der Waals surface area contributed by atoms with Crippen LogP contribution in [0, 0.1) is 18.6 Å². The summed E-state index contributed by atoms with van der Waals surface area (Å²) in [5.41, 5.74) is 1.53. The van der Waals surface area contributed by atoms with Gasteiger partial charge in [0.2, 0.25) is 0 Å². The largest absolute Gasteiger partial charge is 0.264 e. The lowest BCUT2D eigenvalue weighted by Gasteiger charge is -2.10. The number of benzene rings is 2. The molecule has 0 saturated carbocycles. The van der Waals surface area contributed by atoms with Crippen molar-refractivity contribution in [3.8, 4) is 11.1 Å². The maximum atomic E-state index is 14.9. The molecule has 6 heteroatoms. The van der Waals surface area contributed by atoms with Crippen LogP contribution in [0.5, 0.6) is 0 Å². The molecule has 26 heavy (non-hydrogen) atoms. The molecule has 0 fully saturated rings. The number of hydrogen-bond acceptors (Lipinski definition) is 2. The molecule has 2 aromatic carbocycles. The minimum absolute atomic E-state index is 0.0589. The van der Waals surface area contributed by atoms with Gasteiger partial charge in [-0.2, -0.15) is 0 Å². The van der Waals surface area contributed by atoms with Gasteiger partial charge in [-0.15, -0.1) is 0 Å². The quantitative estimate of drug-likeness (QED) is 0.426.